The molecule has 0 saturated carbocycles. The van der Waals surface area contributed by atoms with Crippen LogP contribution in [-0.2, 0) is 10.8 Å². The maximum absolute atomic E-state index is 6.45. The highest BCUT2D eigenvalue weighted by atomic mass is 35.5. The summed E-state index contributed by atoms with van der Waals surface area (Å²) in [6.45, 7) is 9.40. The molecule has 2 heteroatoms. The Balaban J connectivity index is 1.72. The maximum Gasteiger partial charge on any atom is 0.0582 e. The van der Waals surface area contributed by atoms with E-state index >= 15 is 0 Å². The molecule has 0 radical (unpaired) electrons. The zero-order chi connectivity index (χ0) is 22.0. The van der Waals surface area contributed by atoms with Crippen molar-refractivity contribution in [3.63, 3.8) is 0 Å². The standard InChI is InChI=1S/C30H24ClN/c1-29(2)21-9-5-6-11-24(21)32-25-15-14-19-18-13-12-17(31)16-23(18)30(3,4)27(19)26(25)20-8-7-10-22(29)28(20)32/h5-16H,1-4H3. The zero-order valence-electron chi connectivity index (χ0n) is 18.8. The maximum atomic E-state index is 6.45. The normalized spacial score (nSPS) is 16.8. The van der Waals surface area contributed by atoms with Gasteiger partial charge in [0.25, 0.3) is 0 Å². The van der Waals surface area contributed by atoms with Crippen LogP contribution in [0.1, 0.15) is 49.9 Å². The summed E-state index contributed by atoms with van der Waals surface area (Å²) in [4.78, 5) is 0. The molecule has 0 N–H and O–H groups in total. The van der Waals surface area contributed by atoms with Gasteiger partial charge in [0, 0.05) is 26.6 Å². The fraction of sp³-hybridized carbons (Fsp3) is 0.200. The van der Waals surface area contributed by atoms with Gasteiger partial charge in [0.15, 0.2) is 0 Å². The fourth-order valence-corrected chi connectivity index (χ4v) is 6.70. The molecule has 1 aromatic heterocycles. The second kappa shape index (κ2) is 5.66. The summed E-state index contributed by atoms with van der Waals surface area (Å²) < 4.78 is 2.51. The number of aromatic nitrogens is 1. The van der Waals surface area contributed by atoms with E-state index < -0.39 is 0 Å². The molecule has 0 unspecified atom stereocenters. The minimum atomic E-state index is -0.118. The van der Waals surface area contributed by atoms with Crippen LogP contribution in [0, 0.1) is 0 Å². The van der Waals surface area contributed by atoms with E-state index in [1.807, 2.05) is 6.07 Å². The lowest BCUT2D eigenvalue weighted by molar-refractivity contribution is 0.630. The van der Waals surface area contributed by atoms with Gasteiger partial charge in [-0.25, -0.2) is 0 Å². The molecule has 2 heterocycles. The van der Waals surface area contributed by atoms with Crippen molar-refractivity contribution >= 4 is 33.4 Å². The summed E-state index contributed by atoms with van der Waals surface area (Å²) in [5, 5.41) is 3.53. The number of fused-ring (bicyclic) bond motifs is 9. The van der Waals surface area contributed by atoms with E-state index in [4.69, 9.17) is 11.6 Å². The lowest BCUT2D eigenvalue weighted by Crippen LogP contribution is -2.26. The van der Waals surface area contributed by atoms with Crippen molar-refractivity contribution in [3.8, 4) is 16.8 Å². The lowest BCUT2D eigenvalue weighted by Gasteiger charge is -2.34. The largest absolute Gasteiger partial charge is 0.309 e. The number of benzene rings is 4. The molecule has 32 heavy (non-hydrogen) atoms. The van der Waals surface area contributed by atoms with E-state index in [9.17, 15) is 0 Å². The molecule has 0 atom stereocenters. The number of para-hydroxylation sites is 2. The van der Waals surface area contributed by atoms with Gasteiger partial charge in [-0.2, -0.15) is 0 Å². The Morgan fingerprint density at radius 2 is 1.44 bits per heavy atom. The summed E-state index contributed by atoms with van der Waals surface area (Å²) in [5.41, 5.74) is 11.9. The number of hydrogen-bond acceptors (Lipinski definition) is 0. The monoisotopic (exact) mass is 433 g/mol. The minimum Gasteiger partial charge on any atom is -0.309 e. The van der Waals surface area contributed by atoms with Crippen LogP contribution in [0.3, 0.4) is 0 Å². The highest BCUT2D eigenvalue weighted by Gasteiger charge is 2.40. The van der Waals surface area contributed by atoms with Crippen LogP contribution in [-0.4, -0.2) is 4.57 Å². The summed E-state index contributed by atoms with van der Waals surface area (Å²) in [6.07, 6.45) is 0. The molecular weight excluding hydrogens is 410 g/mol. The zero-order valence-corrected chi connectivity index (χ0v) is 19.5. The van der Waals surface area contributed by atoms with Gasteiger partial charge in [-0.15, -0.1) is 0 Å². The van der Waals surface area contributed by atoms with Crippen LogP contribution in [0.4, 0.5) is 0 Å². The predicted molar refractivity (Wildman–Crippen MR) is 135 cm³/mol. The smallest absolute Gasteiger partial charge is 0.0582 e. The van der Waals surface area contributed by atoms with Gasteiger partial charge < -0.3 is 4.57 Å². The summed E-state index contributed by atoms with van der Waals surface area (Å²) >= 11 is 6.45. The molecular formula is C30H24ClN. The Bertz CT molecular complexity index is 1630. The van der Waals surface area contributed by atoms with Gasteiger partial charge in [-0.05, 0) is 57.6 Å². The van der Waals surface area contributed by atoms with Crippen LogP contribution in [0.15, 0.2) is 72.8 Å². The third-order valence-corrected chi connectivity index (χ3v) is 8.25. The fourth-order valence-electron chi connectivity index (χ4n) is 6.53. The van der Waals surface area contributed by atoms with Crippen LogP contribution < -0.4 is 0 Å². The van der Waals surface area contributed by atoms with Gasteiger partial charge in [0.05, 0.1) is 16.7 Å². The van der Waals surface area contributed by atoms with Gasteiger partial charge >= 0.3 is 0 Å². The van der Waals surface area contributed by atoms with E-state index in [-0.39, 0.29) is 10.8 Å². The van der Waals surface area contributed by atoms with Crippen LogP contribution in [0.2, 0.25) is 5.02 Å². The summed E-state index contributed by atoms with van der Waals surface area (Å²) in [5.74, 6) is 0. The van der Waals surface area contributed by atoms with Crippen molar-refractivity contribution in [2.45, 2.75) is 38.5 Å². The predicted octanol–water partition coefficient (Wildman–Crippen LogP) is 8.38. The molecule has 5 aromatic rings. The number of rotatable bonds is 0. The van der Waals surface area contributed by atoms with Crippen molar-refractivity contribution in [2.75, 3.05) is 0 Å². The second-order valence-electron chi connectivity index (χ2n) is 10.4. The van der Waals surface area contributed by atoms with Crippen molar-refractivity contribution in [1.29, 1.82) is 0 Å². The van der Waals surface area contributed by atoms with Gasteiger partial charge in [0.1, 0.15) is 0 Å². The van der Waals surface area contributed by atoms with E-state index in [2.05, 4.69) is 99.0 Å². The molecule has 0 spiro atoms. The highest BCUT2D eigenvalue weighted by Crippen LogP contribution is 2.55. The van der Waals surface area contributed by atoms with Crippen molar-refractivity contribution in [2.24, 2.45) is 0 Å². The van der Waals surface area contributed by atoms with Crippen molar-refractivity contribution in [1.82, 2.24) is 4.57 Å². The SMILES string of the molecule is CC1(C)c2cc(Cl)ccc2-c2ccc3c(c21)c1cccc2c1n3-c1ccccc1C2(C)C. The quantitative estimate of drug-likeness (QED) is 0.231. The molecule has 4 aromatic carbocycles. The number of nitrogens with zero attached hydrogens (tertiary/aromatic N) is 1. The van der Waals surface area contributed by atoms with E-state index in [0.717, 1.165) is 5.02 Å². The van der Waals surface area contributed by atoms with Crippen LogP contribution >= 0.6 is 11.6 Å². The van der Waals surface area contributed by atoms with E-state index in [0.29, 0.717) is 0 Å². The van der Waals surface area contributed by atoms with E-state index in [1.165, 1.54) is 60.9 Å². The van der Waals surface area contributed by atoms with Crippen molar-refractivity contribution in [3.05, 3.63) is 100 Å². The minimum absolute atomic E-state index is 0.0460. The van der Waals surface area contributed by atoms with Gasteiger partial charge in [-0.3, -0.25) is 0 Å². The first-order chi connectivity index (χ1) is 15.3. The molecule has 0 fully saturated rings. The van der Waals surface area contributed by atoms with E-state index in [1.54, 1.807) is 0 Å². The third-order valence-electron chi connectivity index (χ3n) is 8.01. The first-order valence-electron chi connectivity index (χ1n) is 11.3. The summed E-state index contributed by atoms with van der Waals surface area (Å²) in [6, 6.07) is 26.8. The molecule has 1 aliphatic heterocycles. The Kier molecular flexibility index (Phi) is 3.28. The first kappa shape index (κ1) is 18.5. The Morgan fingerprint density at radius 1 is 0.688 bits per heavy atom. The first-order valence-corrected chi connectivity index (χ1v) is 11.7. The average Bonchev–Trinajstić information content (AvgIpc) is 3.22. The number of halogens is 1. The molecule has 1 nitrogen and oxygen atoms in total. The molecule has 0 amide bonds. The highest BCUT2D eigenvalue weighted by molar-refractivity contribution is 6.30. The molecule has 0 bridgehead atoms. The molecule has 0 saturated heterocycles. The van der Waals surface area contributed by atoms with Gasteiger partial charge in [-0.1, -0.05) is 87.8 Å². The molecule has 156 valence electrons. The third kappa shape index (κ3) is 1.97. The van der Waals surface area contributed by atoms with Crippen LogP contribution in [0.25, 0.3) is 38.6 Å². The van der Waals surface area contributed by atoms with Crippen LogP contribution in [0.5, 0.6) is 0 Å². The summed E-state index contributed by atoms with van der Waals surface area (Å²) in [7, 11) is 0. The Labute approximate surface area is 193 Å². The second-order valence-corrected chi connectivity index (χ2v) is 10.8. The molecule has 1 aliphatic carbocycles. The van der Waals surface area contributed by atoms with Gasteiger partial charge in [0.2, 0.25) is 0 Å². The lowest BCUT2D eigenvalue weighted by atomic mass is 9.74. The van der Waals surface area contributed by atoms with Crippen molar-refractivity contribution < 1.29 is 0 Å². The average molecular weight is 434 g/mol. The molecule has 7 rings (SSSR count). The molecule has 2 aliphatic rings. The topological polar surface area (TPSA) is 4.93 Å². The Hall–Kier alpha value is -3.03. The Morgan fingerprint density at radius 3 is 2.28 bits per heavy atom. The number of hydrogen-bond donors (Lipinski definition) is 0.